The molecule has 0 amide bonds. The number of thiophene rings is 1. The van der Waals surface area contributed by atoms with Gasteiger partial charge >= 0.3 is 0 Å². The molecular weight excluding hydrogens is 478 g/mol. The highest BCUT2D eigenvalue weighted by atomic mass is 35.5. The van der Waals surface area contributed by atoms with E-state index in [9.17, 15) is 0 Å². The van der Waals surface area contributed by atoms with Gasteiger partial charge in [-0.05, 0) is 52.6 Å². The number of benzene rings is 5. The standard InChI is InChI=1S/C33H22ClNS/c1-20(34)11-18-30-21(2)25-17-14-24(19-31(25)36-30)35-32-26-9-5-3-7-22(26)12-15-28(32)29-16-13-23-8-4-6-10-27(23)33(29)35/h3-19H,2H2,1H3/b20-11+,30-18+. The summed E-state index contributed by atoms with van der Waals surface area (Å²) in [6.45, 7) is 6.25. The zero-order valence-electron chi connectivity index (χ0n) is 19.8. The number of hydrogen-bond donors (Lipinski definition) is 0. The highest BCUT2D eigenvalue weighted by Crippen LogP contribution is 2.40. The zero-order chi connectivity index (χ0) is 24.4. The topological polar surface area (TPSA) is 4.93 Å². The minimum Gasteiger partial charge on any atom is -0.308 e. The van der Waals surface area contributed by atoms with Crippen LogP contribution < -0.4 is 9.75 Å². The molecule has 0 spiro atoms. The number of aromatic nitrogens is 1. The van der Waals surface area contributed by atoms with E-state index < -0.39 is 0 Å². The SMILES string of the molecule is C=c1/c(=C\C=C(/C)Cl)sc2cc(-n3c4c5ccccc5ccc4c4ccc5ccccc5c43)ccc12. The molecule has 5 aromatic carbocycles. The van der Waals surface area contributed by atoms with Crippen LogP contribution in [0.1, 0.15) is 6.92 Å². The molecule has 0 bridgehead atoms. The van der Waals surface area contributed by atoms with Crippen LogP contribution in [-0.2, 0) is 0 Å². The zero-order valence-corrected chi connectivity index (χ0v) is 21.3. The Bertz CT molecular complexity index is 2050. The van der Waals surface area contributed by atoms with Crippen LogP contribution in [0.15, 0.2) is 102 Å². The first-order valence-corrected chi connectivity index (χ1v) is 13.2. The minimum absolute atomic E-state index is 0.761. The van der Waals surface area contributed by atoms with Gasteiger partial charge in [-0.2, -0.15) is 0 Å². The summed E-state index contributed by atoms with van der Waals surface area (Å²) < 4.78 is 4.82. The van der Waals surface area contributed by atoms with E-state index in [1.165, 1.54) is 53.4 Å². The van der Waals surface area contributed by atoms with Crippen molar-refractivity contribution in [1.29, 1.82) is 0 Å². The Morgan fingerprint density at radius 2 is 1.33 bits per heavy atom. The summed E-state index contributed by atoms with van der Waals surface area (Å²) in [5, 5.41) is 10.6. The fourth-order valence-corrected chi connectivity index (χ4v) is 6.57. The van der Waals surface area contributed by atoms with E-state index in [1.807, 2.05) is 13.0 Å². The number of nitrogens with zero attached hydrogens (tertiary/aromatic N) is 1. The van der Waals surface area contributed by atoms with Gasteiger partial charge in [0.05, 0.1) is 11.0 Å². The van der Waals surface area contributed by atoms with Crippen molar-refractivity contribution in [3.05, 3.63) is 112 Å². The molecule has 0 aliphatic carbocycles. The third kappa shape index (κ3) is 3.15. The predicted octanol–water partition coefficient (Wildman–Crippen LogP) is 8.64. The highest BCUT2D eigenvalue weighted by Gasteiger charge is 2.17. The van der Waals surface area contributed by atoms with Gasteiger partial charge in [-0.25, -0.2) is 0 Å². The third-order valence-electron chi connectivity index (χ3n) is 7.07. The van der Waals surface area contributed by atoms with E-state index in [4.69, 9.17) is 11.6 Å². The van der Waals surface area contributed by atoms with Crippen molar-refractivity contribution >= 4 is 89.0 Å². The fourth-order valence-electron chi connectivity index (χ4n) is 5.42. The van der Waals surface area contributed by atoms with Crippen molar-refractivity contribution in [2.75, 3.05) is 0 Å². The summed E-state index contributed by atoms with van der Waals surface area (Å²) in [7, 11) is 0. The van der Waals surface area contributed by atoms with Crippen molar-refractivity contribution in [3.63, 3.8) is 0 Å². The van der Waals surface area contributed by atoms with Crippen LogP contribution in [0.3, 0.4) is 0 Å². The molecule has 0 radical (unpaired) electrons. The van der Waals surface area contributed by atoms with Crippen molar-refractivity contribution in [2.45, 2.75) is 6.92 Å². The third-order valence-corrected chi connectivity index (χ3v) is 8.35. The van der Waals surface area contributed by atoms with Gasteiger partial charge in [-0.15, -0.1) is 11.3 Å². The molecular formula is C33H22ClNS. The lowest BCUT2D eigenvalue weighted by molar-refractivity contribution is 1.20. The maximum absolute atomic E-state index is 6.09. The molecule has 0 saturated heterocycles. The van der Waals surface area contributed by atoms with Gasteiger partial charge in [-0.3, -0.25) is 0 Å². The summed E-state index contributed by atoms with van der Waals surface area (Å²) in [6.07, 6.45) is 4.00. The van der Waals surface area contributed by atoms with E-state index in [0.717, 1.165) is 20.5 Å². The normalized spacial score (nSPS) is 13.2. The molecule has 0 saturated carbocycles. The average Bonchev–Trinajstić information content (AvgIpc) is 3.42. The molecule has 0 N–H and O–H groups in total. The van der Waals surface area contributed by atoms with Gasteiger partial charge in [0, 0.05) is 41.5 Å². The van der Waals surface area contributed by atoms with Gasteiger partial charge in [0.25, 0.3) is 0 Å². The maximum Gasteiger partial charge on any atom is 0.0619 e. The number of fused-ring (bicyclic) bond motifs is 8. The van der Waals surface area contributed by atoms with Crippen LogP contribution in [0.5, 0.6) is 0 Å². The van der Waals surface area contributed by atoms with Crippen molar-refractivity contribution in [1.82, 2.24) is 4.57 Å². The monoisotopic (exact) mass is 499 g/mol. The summed E-state index contributed by atoms with van der Waals surface area (Å²) >= 11 is 7.85. The number of allylic oxidation sites excluding steroid dienone is 2. The van der Waals surface area contributed by atoms with Gasteiger partial charge < -0.3 is 4.57 Å². The highest BCUT2D eigenvalue weighted by molar-refractivity contribution is 7.17. The average molecular weight is 500 g/mol. The predicted molar refractivity (Wildman–Crippen MR) is 160 cm³/mol. The van der Waals surface area contributed by atoms with Crippen LogP contribution in [0.25, 0.3) is 71.8 Å². The largest absolute Gasteiger partial charge is 0.308 e. The van der Waals surface area contributed by atoms with Crippen molar-refractivity contribution in [3.8, 4) is 5.69 Å². The summed E-state index contributed by atoms with van der Waals surface area (Å²) in [4.78, 5) is 0. The molecule has 7 rings (SSSR count). The minimum atomic E-state index is 0.761. The molecule has 0 aliphatic rings. The molecule has 36 heavy (non-hydrogen) atoms. The van der Waals surface area contributed by atoms with E-state index in [1.54, 1.807) is 11.3 Å². The molecule has 0 fully saturated rings. The quantitative estimate of drug-likeness (QED) is 0.224. The first kappa shape index (κ1) is 21.4. The molecule has 0 atom stereocenters. The summed E-state index contributed by atoms with van der Waals surface area (Å²) in [6, 6.07) is 33.1. The molecule has 2 aromatic heterocycles. The van der Waals surface area contributed by atoms with Crippen LogP contribution in [-0.4, -0.2) is 4.57 Å². The van der Waals surface area contributed by atoms with Crippen molar-refractivity contribution in [2.24, 2.45) is 0 Å². The Kier molecular flexibility index (Phi) is 4.82. The van der Waals surface area contributed by atoms with Gasteiger partial charge in [0.1, 0.15) is 0 Å². The molecule has 7 aromatic rings. The second kappa shape index (κ2) is 8.09. The maximum atomic E-state index is 6.09. The van der Waals surface area contributed by atoms with E-state index in [-0.39, 0.29) is 0 Å². The van der Waals surface area contributed by atoms with Crippen molar-refractivity contribution < 1.29 is 0 Å². The molecule has 0 aliphatic heterocycles. The Balaban J connectivity index is 1.66. The van der Waals surface area contributed by atoms with Gasteiger partial charge in [0.2, 0.25) is 0 Å². The van der Waals surface area contributed by atoms with Crippen LogP contribution in [0, 0.1) is 0 Å². The smallest absolute Gasteiger partial charge is 0.0619 e. The van der Waals surface area contributed by atoms with E-state index in [2.05, 4.69) is 108 Å². The number of halogens is 1. The molecule has 1 nitrogen and oxygen atoms in total. The lowest BCUT2D eigenvalue weighted by Gasteiger charge is -2.11. The summed E-state index contributed by atoms with van der Waals surface area (Å²) in [5.74, 6) is 0. The van der Waals surface area contributed by atoms with Crippen LogP contribution >= 0.6 is 22.9 Å². The Morgan fingerprint density at radius 1 is 0.750 bits per heavy atom. The molecule has 0 unspecified atom stereocenters. The lowest BCUT2D eigenvalue weighted by Crippen LogP contribution is -2.15. The van der Waals surface area contributed by atoms with Gasteiger partial charge in [0.15, 0.2) is 0 Å². The van der Waals surface area contributed by atoms with E-state index >= 15 is 0 Å². The number of rotatable bonds is 2. The molecule has 3 heteroatoms. The molecule has 2 heterocycles. The first-order valence-electron chi connectivity index (χ1n) is 12.0. The summed E-state index contributed by atoms with van der Waals surface area (Å²) in [5.41, 5.74) is 3.66. The second-order valence-electron chi connectivity index (χ2n) is 9.25. The molecule has 172 valence electrons. The first-order chi connectivity index (χ1) is 17.6. The van der Waals surface area contributed by atoms with E-state index in [0.29, 0.717) is 0 Å². The van der Waals surface area contributed by atoms with Gasteiger partial charge in [-0.1, -0.05) is 97.0 Å². The Hall–Kier alpha value is -3.85. The Morgan fingerprint density at radius 3 is 1.94 bits per heavy atom. The number of hydrogen-bond acceptors (Lipinski definition) is 1. The Labute approximate surface area is 217 Å². The van der Waals surface area contributed by atoms with Crippen LogP contribution in [0.2, 0.25) is 0 Å². The fraction of sp³-hybridized carbons (Fsp3) is 0.0303. The van der Waals surface area contributed by atoms with Crippen LogP contribution in [0.4, 0.5) is 0 Å². The lowest BCUT2D eigenvalue weighted by atomic mass is 10.0. The second-order valence-corrected chi connectivity index (χ2v) is 10.9.